The van der Waals surface area contributed by atoms with Gasteiger partial charge >= 0.3 is 0 Å². The monoisotopic (exact) mass is 414 g/mol. The van der Waals surface area contributed by atoms with E-state index in [1.165, 1.54) is 18.3 Å². The topological polar surface area (TPSA) is 107 Å². The molecule has 0 bridgehead atoms. The summed E-state index contributed by atoms with van der Waals surface area (Å²) in [5, 5.41) is 20.6. The summed E-state index contributed by atoms with van der Waals surface area (Å²) in [4.78, 5) is 24.3. The quantitative estimate of drug-likeness (QED) is 0.291. The summed E-state index contributed by atoms with van der Waals surface area (Å²) in [6, 6.07) is 2.84. The van der Waals surface area contributed by atoms with Crippen LogP contribution in [0.2, 0.25) is 0 Å². The van der Waals surface area contributed by atoms with Crippen LogP contribution in [0.4, 0.5) is 27.6 Å². The molecule has 2 amide bonds. The molecule has 0 spiro atoms. The number of hydrogen-bond acceptors (Lipinski definition) is 4. The number of carbonyl (C=O) groups is 2. The van der Waals surface area contributed by atoms with E-state index in [4.69, 9.17) is 0 Å². The van der Waals surface area contributed by atoms with Gasteiger partial charge in [0.05, 0.1) is 18.3 Å². The molecular formula is C17H11F5N4O3. The molecule has 1 unspecified atom stereocenters. The Morgan fingerprint density at radius 3 is 2.28 bits per heavy atom. The largest absolute Gasteiger partial charge is 0.394 e. The molecule has 1 atom stereocenters. The number of benzene rings is 2. The number of anilines is 1. The number of aliphatic hydroxyl groups excluding tert-OH is 1. The maximum atomic E-state index is 13.7. The predicted octanol–water partition coefficient (Wildman–Crippen LogP) is 1.99. The minimum atomic E-state index is -2.43. The van der Waals surface area contributed by atoms with Crippen molar-refractivity contribution in [1.29, 1.82) is 0 Å². The fourth-order valence-corrected chi connectivity index (χ4v) is 2.47. The van der Waals surface area contributed by atoms with Crippen LogP contribution in [0.1, 0.15) is 10.4 Å². The van der Waals surface area contributed by atoms with E-state index in [0.717, 1.165) is 5.39 Å². The lowest BCUT2D eigenvalue weighted by molar-refractivity contribution is -0.118. The van der Waals surface area contributed by atoms with Crippen LogP contribution >= 0.6 is 0 Å². The molecule has 0 saturated heterocycles. The number of aromatic nitrogens is 2. The Hall–Kier alpha value is -3.54. The molecular weight excluding hydrogens is 403 g/mol. The molecule has 7 nitrogen and oxygen atoms in total. The molecule has 0 aliphatic rings. The van der Waals surface area contributed by atoms with Crippen molar-refractivity contribution in [3.63, 3.8) is 0 Å². The summed E-state index contributed by atoms with van der Waals surface area (Å²) in [5.41, 5.74) is -0.976. The van der Waals surface area contributed by atoms with Gasteiger partial charge < -0.3 is 15.7 Å². The third-order valence-corrected chi connectivity index (χ3v) is 3.95. The maximum Gasteiger partial charge on any atom is 0.258 e. The summed E-state index contributed by atoms with van der Waals surface area (Å²) in [6.07, 6.45) is 1.53. The van der Waals surface area contributed by atoms with E-state index in [9.17, 15) is 36.6 Å². The van der Waals surface area contributed by atoms with Crippen LogP contribution in [0.5, 0.6) is 0 Å². The molecule has 12 heteroatoms. The average molecular weight is 414 g/mol. The second-order valence-corrected chi connectivity index (χ2v) is 5.81. The lowest BCUT2D eigenvalue weighted by atomic mass is 10.1. The molecule has 0 aliphatic carbocycles. The summed E-state index contributed by atoms with van der Waals surface area (Å²) in [6.45, 7) is -1.01. The van der Waals surface area contributed by atoms with E-state index < -0.39 is 59.1 Å². The first-order valence-electron chi connectivity index (χ1n) is 7.91. The van der Waals surface area contributed by atoms with Crippen LogP contribution in [-0.4, -0.2) is 39.8 Å². The Bertz CT molecular complexity index is 1090. The van der Waals surface area contributed by atoms with Crippen molar-refractivity contribution in [2.75, 3.05) is 11.9 Å². The molecule has 0 aliphatic heterocycles. The van der Waals surface area contributed by atoms with Gasteiger partial charge in [-0.2, -0.15) is 5.10 Å². The number of halogens is 5. The fourth-order valence-electron chi connectivity index (χ4n) is 2.47. The lowest BCUT2D eigenvalue weighted by Crippen LogP contribution is -2.46. The molecule has 2 aromatic carbocycles. The number of nitrogens with one attached hydrogen (secondary N) is 3. The second-order valence-electron chi connectivity index (χ2n) is 5.81. The van der Waals surface area contributed by atoms with Crippen molar-refractivity contribution in [2.45, 2.75) is 6.04 Å². The second kappa shape index (κ2) is 7.83. The Morgan fingerprint density at radius 1 is 1.03 bits per heavy atom. The number of aromatic amines is 1. The van der Waals surface area contributed by atoms with Crippen molar-refractivity contribution >= 4 is 28.4 Å². The normalized spacial score (nSPS) is 12.1. The first-order valence-corrected chi connectivity index (χ1v) is 7.91. The minimum absolute atomic E-state index is 0.232. The standard InChI is InChI=1S/C17H11F5N4O3/c18-11-10(12(19)14(21)15(22)13(11)20)17(29)25-9(5-27)16(28)24-7-2-1-6-4-23-26-8(6)3-7/h1-4,9,27H,5H2,(H,23,26)(H,24,28)(H,25,29). The van der Waals surface area contributed by atoms with Crippen molar-refractivity contribution in [3.8, 4) is 0 Å². The Balaban J connectivity index is 1.80. The van der Waals surface area contributed by atoms with Crippen LogP contribution in [0.15, 0.2) is 24.4 Å². The number of aliphatic hydroxyl groups is 1. The number of hydrogen-bond donors (Lipinski definition) is 4. The first kappa shape index (κ1) is 20.2. The van der Waals surface area contributed by atoms with Gasteiger partial charge in [0.15, 0.2) is 23.3 Å². The molecule has 0 radical (unpaired) electrons. The minimum Gasteiger partial charge on any atom is -0.394 e. The van der Waals surface area contributed by atoms with E-state index >= 15 is 0 Å². The van der Waals surface area contributed by atoms with Crippen LogP contribution in [-0.2, 0) is 4.79 Å². The zero-order valence-corrected chi connectivity index (χ0v) is 14.2. The predicted molar refractivity (Wildman–Crippen MR) is 89.3 cm³/mol. The Kier molecular flexibility index (Phi) is 5.46. The van der Waals surface area contributed by atoms with Gasteiger partial charge in [0.25, 0.3) is 5.91 Å². The summed E-state index contributed by atoms with van der Waals surface area (Å²) in [7, 11) is 0. The number of nitrogens with zero attached hydrogens (tertiary/aromatic N) is 1. The molecule has 4 N–H and O–H groups in total. The molecule has 3 aromatic rings. The van der Waals surface area contributed by atoms with Gasteiger partial charge in [-0.1, -0.05) is 0 Å². The van der Waals surface area contributed by atoms with Gasteiger partial charge in [0, 0.05) is 11.1 Å². The number of rotatable bonds is 5. The highest BCUT2D eigenvalue weighted by atomic mass is 19.2. The Labute approximate surface area is 158 Å². The van der Waals surface area contributed by atoms with Gasteiger partial charge in [-0.3, -0.25) is 14.7 Å². The maximum absolute atomic E-state index is 13.7. The van der Waals surface area contributed by atoms with Gasteiger partial charge in [0.1, 0.15) is 11.6 Å². The van der Waals surface area contributed by atoms with E-state index in [0.29, 0.717) is 5.52 Å². The molecule has 29 heavy (non-hydrogen) atoms. The van der Waals surface area contributed by atoms with Gasteiger partial charge in [-0.05, 0) is 18.2 Å². The SMILES string of the molecule is O=C(NC(CO)C(=O)Nc1ccc2cn[nH]c2c1)c1c(F)c(F)c(F)c(F)c1F. The third-order valence-electron chi connectivity index (χ3n) is 3.95. The zero-order chi connectivity index (χ0) is 21.3. The highest BCUT2D eigenvalue weighted by Crippen LogP contribution is 2.23. The van der Waals surface area contributed by atoms with Crippen molar-refractivity contribution in [3.05, 3.63) is 59.0 Å². The van der Waals surface area contributed by atoms with E-state index in [1.807, 2.05) is 0 Å². The third kappa shape index (κ3) is 3.74. The lowest BCUT2D eigenvalue weighted by Gasteiger charge is -2.17. The smallest absolute Gasteiger partial charge is 0.258 e. The summed E-state index contributed by atoms with van der Waals surface area (Å²) >= 11 is 0. The number of amides is 2. The van der Waals surface area contributed by atoms with Gasteiger partial charge in [-0.15, -0.1) is 0 Å². The number of fused-ring (bicyclic) bond motifs is 1. The number of carbonyl (C=O) groups excluding carboxylic acids is 2. The van der Waals surface area contributed by atoms with Gasteiger partial charge in [-0.25, -0.2) is 22.0 Å². The van der Waals surface area contributed by atoms with E-state index in [1.54, 1.807) is 11.4 Å². The van der Waals surface area contributed by atoms with Gasteiger partial charge in [0.2, 0.25) is 11.7 Å². The van der Waals surface area contributed by atoms with Crippen LogP contribution in [0.3, 0.4) is 0 Å². The molecule has 3 rings (SSSR count). The average Bonchev–Trinajstić information content (AvgIpc) is 3.16. The molecule has 1 heterocycles. The molecule has 0 fully saturated rings. The van der Waals surface area contributed by atoms with E-state index in [2.05, 4.69) is 15.5 Å². The highest BCUT2D eigenvalue weighted by Gasteiger charge is 2.31. The van der Waals surface area contributed by atoms with Crippen LogP contribution in [0, 0.1) is 29.1 Å². The number of H-pyrrole nitrogens is 1. The Morgan fingerprint density at radius 2 is 1.66 bits per heavy atom. The van der Waals surface area contributed by atoms with Crippen LogP contribution in [0.25, 0.3) is 10.9 Å². The molecule has 152 valence electrons. The van der Waals surface area contributed by atoms with Crippen molar-refractivity contribution in [2.24, 2.45) is 0 Å². The zero-order valence-electron chi connectivity index (χ0n) is 14.2. The first-order chi connectivity index (χ1) is 13.7. The fraction of sp³-hybridized carbons (Fsp3) is 0.118. The van der Waals surface area contributed by atoms with Crippen molar-refractivity contribution in [1.82, 2.24) is 15.5 Å². The van der Waals surface area contributed by atoms with Crippen molar-refractivity contribution < 1.29 is 36.6 Å². The highest BCUT2D eigenvalue weighted by molar-refractivity contribution is 6.02. The molecule has 1 aromatic heterocycles. The molecule has 0 saturated carbocycles. The van der Waals surface area contributed by atoms with Crippen LogP contribution < -0.4 is 10.6 Å². The summed E-state index contributed by atoms with van der Waals surface area (Å²) < 4.78 is 67.0. The van der Waals surface area contributed by atoms with E-state index in [-0.39, 0.29) is 5.69 Å². The summed E-state index contributed by atoms with van der Waals surface area (Å²) in [5.74, 6) is -14.5.